The Balaban J connectivity index is 2.21. The number of carbonyl (C=O) groups is 2. The minimum atomic E-state index is -0.460. The molecular weight excluding hydrogens is 324 g/mol. The molecule has 2 aromatic carbocycles. The van der Waals surface area contributed by atoms with E-state index in [9.17, 15) is 9.59 Å². The molecule has 4 heteroatoms. The second kappa shape index (κ2) is 10.4. The zero-order valence-corrected chi connectivity index (χ0v) is 15.7. The first-order chi connectivity index (χ1) is 12.7. The third-order valence-corrected chi connectivity index (χ3v) is 4.33. The van der Waals surface area contributed by atoms with Gasteiger partial charge in [0, 0.05) is 13.1 Å². The van der Waals surface area contributed by atoms with Crippen molar-refractivity contribution < 1.29 is 9.59 Å². The van der Waals surface area contributed by atoms with Crippen molar-refractivity contribution in [3.8, 4) is 0 Å². The topological polar surface area (TPSA) is 49.4 Å². The largest absolute Gasteiger partial charge is 0.354 e. The second-order valence-corrected chi connectivity index (χ2v) is 6.38. The Hall–Kier alpha value is -2.62. The number of nitrogens with zero attached hydrogens (tertiary/aromatic N) is 1. The molecule has 138 valence electrons. The number of hydrogen-bond donors (Lipinski definition) is 1. The van der Waals surface area contributed by atoms with Crippen LogP contribution in [0.1, 0.15) is 37.8 Å². The molecule has 0 bridgehead atoms. The average Bonchev–Trinajstić information content (AvgIpc) is 2.67. The molecule has 0 fully saturated rings. The van der Waals surface area contributed by atoms with Crippen molar-refractivity contribution in [3.05, 3.63) is 71.8 Å². The van der Waals surface area contributed by atoms with Gasteiger partial charge in [-0.05, 0) is 24.0 Å². The van der Waals surface area contributed by atoms with Crippen LogP contribution in [-0.2, 0) is 22.6 Å². The summed E-state index contributed by atoms with van der Waals surface area (Å²) in [5.41, 5.74) is 1.98. The van der Waals surface area contributed by atoms with Gasteiger partial charge in [-0.25, -0.2) is 0 Å². The molecule has 0 spiro atoms. The molecule has 2 rings (SSSR count). The van der Waals surface area contributed by atoms with Crippen LogP contribution < -0.4 is 5.32 Å². The van der Waals surface area contributed by atoms with E-state index in [4.69, 9.17) is 0 Å². The van der Waals surface area contributed by atoms with Crippen LogP contribution in [0.4, 0.5) is 0 Å². The molecule has 0 heterocycles. The van der Waals surface area contributed by atoms with E-state index in [-0.39, 0.29) is 11.8 Å². The molecule has 0 aliphatic rings. The van der Waals surface area contributed by atoms with Crippen molar-refractivity contribution in [1.29, 1.82) is 0 Å². The summed E-state index contributed by atoms with van der Waals surface area (Å²) in [6, 6.07) is 19.0. The van der Waals surface area contributed by atoms with Crippen LogP contribution in [0.2, 0.25) is 0 Å². The summed E-state index contributed by atoms with van der Waals surface area (Å²) < 4.78 is 0. The standard InChI is InChI=1S/C22H28N2O2/c1-3-15-23-22(26)20(4-2)24(17-19-13-9-6-10-14-19)21(25)16-18-11-7-5-8-12-18/h5-14,20H,3-4,15-17H2,1-2H3,(H,23,26). The monoisotopic (exact) mass is 352 g/mol. The first-order valence-corrected chi connectivity index (χ1v) is 9.30. The van der Waals surface area contributed by atoms with Gasteiger partial charge in [-0.1, -0.05) is 74.5 Å². The molecule has 2 amide bonds. The van der Waals surface area contributed by atoms with E-state index in [1.54, 1.807) is 4.90 Å². The van der Waals surface area contributed by atoms with E-state index in [0.29, 0.717) is 25.9 Å². The highest BCUT2D eigenvalue weighted by atomic mass is 16.2. The lowest BCUT2D eigenvalue weighted by molar-refractivity contribution is -0.140. The Kier molecular flexibility index (Phi) is 7.87. The molecule has 1 atom stereocenters. The lowest BCUT2D eigenvalue weighted by atomic mass is 10.1. The third kappa shape index (κ3) is 5.73. The van der Waals surface area contributed by atoms with E-state index in [2.05, 4.69) is 5.32 Å². The molecule has 1 unspecified atom stereocenters. The van der Waals surface area contributed by atoms with Crippen LogP contribution in [-0.4, -0.2) is 29.3 Å². The lowest BCUT2D eigenvalue weighted by Crippen LogP contribution is -2.49. The Labute approximate surface area is 156 Å². The van der Waals surface area contributed by atoms with E-state index in [1.165, 1.54) is 0 Å². The summed E-state index contributed by atoms with van der Waals surface area (Å²) in [7, 11) is 0. The highest BCUT2D eigenvalue weighted by molar-refractivity contribution is 5.88. The van der Waals surface area contributed by atoms with Gasteiger partial charge < -0.3 is 10.2 Å². The molecule has 1 N–H and O–H groups in total. The minimum absolute atomic E-state index is 0.0291. The maximum atomic E-state index is 13.0. The highest BCUT2D eigenvalue weighted by Crippen LogP contribution is 2.14. The molecule has 0 aromatic heterocycles. The molecule has 4 nitrogen and oxygen atoms in total. The maximum absolute atomic E-state index is 13.0. The van der Waals surface area contributed by atoms with Gasteiger partial charge in [0.05, 0.1) is 6.42 Å². The van der Waals surface area contributed by atoms with Gasteiger partial charge in [0.25, 0.3) is 0 Å². The van der Waals surface area contributed by atoms with Crippen LogP contribution in [0.3, 0.4) is 0 Å². The zero-order chi connectivity index (χ0) is 18.8. The van der Waals surface area contributed by atoms with Crippen LogP contribution in [0, 0.1) is 0 Å². The fraction of sp³-hybridized carbons (Fsp3) is 0.364. The molecule has 0 saturated heterocycles. The normalized spacial score (nSPS) is 11.6. The van der Waals surface area contributed by atoms with Crippen LogP contribution in [0.25, 0.3) is 0 Å². The predicted octanol–water partition coefficient (Wildman–Crippen LogP) is 3.56. The van der Waals surface area contributed by atoms with Gasteiger partial charge in [-0.3, -0.25) is 9.59 Å². The van der Waals surface area contributed by atoms with E-state index in [0.717, 1.165) is 17.5 Å². The number of rotatable bonds is 9. The van der Waals surface area contributed by atoms with Crippen molar-refractivity contribution in [2.45, 2.75) is 45.7 Å². The summed E-state index contributed by atoms with van der Waals surface area (Å²) in [6.45, 7) is 5.03. The smallest absolute Gasteiger partial charge is 0.242 e. The molecule has 26 heavy (non-hydrogen) atoms. The van der Waals surface area contributed by atoms with Gasteiger partial charge in [-0.2, -0.15) is 0 Å². The Morgan fingerprint density at radius 1 is 0.923 bits per heavy atom. The lowest BCUT2D eigenvalue weighted by Gasteiger charge is -2.30. The predicted molar refractivity (Wildman–Crippen MR) is 105 cm³/mol. The van der Waals surface area contributed by atoms with Crippen LogP contribution >= 0.6 is 0 Å². The van der Waals surface area contributed by atoms with Crippen molar-refractivity contribution in [2.24, 2.45) is 0 Å². The Morgan fingerprint density at radius 3 is 2.04 bits per heavy atom. The van der Waals surface area contributed by atoms with Gasteiger partial charge in [0.2, 0.25) is 11.8 Å². The van der Waals surface area contributed by atoms with Gasteiger partial charge in [-0.15, -0.1) is 0 Å². The highest BCUT2D eigenvalue weighted by Gasteiger charge is 2.28. The van der Waals surface area contributed by atoms with Crippen LogP contribution in [0.5, 0.6) is 0 Å². The maximum Gasteiger partial charge on any atom is 0.242 e. The summed E-state index contributed by atoms with van der Waals surface area (Å²) in [5.74, 6) is -0.106. The quantitative estimate of drug-likeness (QED) is 0.750. The van der Waals surface area contributed by atoms with E-state index < -0.39 is 6.04 Å². The fourth-order valence-electron chi connectivity index (χ4n) is 2.94. The number of hydrogen-bond acceptors (Lipinski definition) is 2. The Morgan fingerprint density at radius 2 is 1.50 bits per heavy atom. The molecule has 0 saturated carbocycles. The minimum Gasteiger partial charge on any atom is -0.354 e. The van der Waals surface area contributed by atoms with Gasteiger partial charge >= 0.3 is 0 Å². The Bertz CT molecular complexity index is 686. The van der Waals surface area contributed by atoms with Crippen molar-refractivity contribution in [2.75, 3.05) is 6.54 Å². The number of benzene rings is 2. The third-order valence-electron chi connectivity index (χ3n) is 4.33. The number of carbonyl (C=O) groups excluding carboxylic acids is 2. The van der Waals surface area contributed by atoms with Gasteiger partial charge in [0.1, 0.15) is 6.04 Å². The SMILES string of the molecule is CCCNC(=O)C(CC)N(Cc1ccccc1)C(=O)Cc1ccccc1. The number of nitrogens with one attached hydrogen (secondary N) is 1. The molecule has 0 aliphatic carbocycles. The zero-order valence-electron chi connectivity index (χ0n) is 15.7. The molecular formula is C22H28N2O2. The number of amides is 2. The fourth-order valence-corrected chi connectivity index (χ4v) is 2.94. The van der Waals surface area contributed by atoms with Gasteiger partial charge in [0.15, 0.2) is 0 Å². The second-order valence-electron chi connectivity index (χ2n) is 6.38. The molecule has 2 aromatic rings. The summed E-state index contributed by atoms with van der Waals surface area (Å²) in [6.07, 6.45) is 1.76. The van der Waals surface area contributed by atoms with E-state index >= 15 is 0 Å². The first-order valence-electron chi connectivity index (χ1n) is 9.30. The molecule has 0 aliphatic heterocycles. The molecule has 0 radical (unpaired) electrons. The summed E-state index contributed by atoms with van der Waals surface area (Å²) in [4.78, 5) is 27.4. The van der Waals surface area contributed by atoms with Crippen molar-refractivity contribution in [1.82, 2.24) is 10.2 Å². The summed E-state index contributed by atoms with van der Waals surface area (Å²) in [5, 5.41) is 2.94. The average molecular weight is 352 g/mol. The van der Waals surface area contributed by atoms with Crippen molar-refractivity contribution >= 4 is 11.8 Å². The van der Waals surface area contributed by atoms with Crippen LogP contribution in [0.15, 0.2) is 60.7 Å². The van der Waals surface area contributed by atoms with Crippen molar-refractivity contribution in [3.63, 3.8) is 0 Å². The summed E-state index contributed by atoms with van der Waals surface area (Å²) >= 11 is 0. The van der Waals surface area contributed by atoms with E-state index in [1.807, 2.05) is 74.5 Å². The first kappa shape index (κ1) is 19.7.